The molecule has 7 nitrogen and oxygen atoms in total. The molecule has 0 heterocycles. The van der Waals surface area contributed by atoms with Crippen LogP contribution in [0.4, 0.5) is 0 Å². The number of ether oxygens (including phenoxy) is 1. The molecule has 0 bridgehead atoms. The quantitative estimate of drug-likeness (QED) is 0.294. The number of rotatable bonds is 11. The maximum absolute atomic E-state index is 13.0. The van der Waals surface area contributed by atoms with Crippen LogP contribution in [0.5, 0.6) is 0 Å². The predicted molar refractivity (Wildman–Crippen MR) is 135 cm³/mol. The zero-order valence-corrected chi connectivity index (χ0v) is 20.9. The minimum absolute atomic E-state index is 0.300. The number of aryl methyl sites for hydroxylation is 1. The number of methoxy groups -OCH3 is 1. The van der Waals surface area contributed by atoms with E-state index in [2.05, 4.69) is 29.3 Å². The highest BCUT2D eigenvalue weighted by Gasteiger charge is 2.46. The van der Waals surface area contributed by atoms with Crippen molar-refractivity contribution in [2.24, 2.45) is 0 Å². The fourth-order valence-electron chi connectivity index (χ4n) is 3.61. The van der Waals surface area contributed by atoms with Crippen LogP contribution < -0.4 is 5.32 Å². The van der Waals surface area contributed by atoms with E-state index < -0.39 is 29.7 Å². The van der Waals surface area contributed by atoms with Crippen molar-refractivity contribution in [3.05, 3.63) is 70.8 Å². The molecule has 0 aliphatic heterocycles. The smallest absolute Gasteiger partial charge is 0.254 e. The van der Waals surface area contributed by atoms with E-state index in [1.165, 1.54) is 26.6 Å². The Balaban J connectivity index is 2.05. The Bertz CT molecular complexity index is 1050. The summed E-state index contributed by atoms with van der Waals surface area (Å²) in [5, 5.41) is 11.7. The summed E-state index contributed by atoms with van der Waals surface area (Å²) in [6.07, 6.45) is 4.39. The zero-order chi connectivity index (χ0) is 25.8. The van der Waals surface area contributed by atoms with Crippen molar-refractivity contribution in [2.45, 2.75) is 38.1 Å². The van der Waals surface area contributed by atoms with E-state index in [0.717, 1.165) is 48.3 Å². The molecule has 0 radical (unpaired) electrons. The number of likely N-dealkylation sites (N-methyl/N-ethyl adjacent to an activating group) is 2. The van der Waals surface area contributed by atoms with E-state index in [4.69, 9.17) is 4.74 Å². The summed E-state index contributed by atoms with van der Waals surface area (Å²) in [6.45, 7) is 1.26. The Hall–Kier alpha value is -3.47. The normalized spacial score (nSPS) is 12.1. The number of Topliss-reactive ketones (excluding diaryl/α,β-unsaturated/α-hetero) is 1. The van der Waals surface area contributed by atoms with Gasteiger partial charge in [-0.1, -0.05) is 30.4 Å². The summed E-state index contributed by atoms with van der Waals surface area (Å²) in [7, 11) is 4.46. The van der Waals surface area contributed by atoms with E-state index in [1.54, 1.807) is 31.4 Å². The van der Waals surface area contributed by atoms with Crippen LogP contribution in [0.1, 0.15) is 53.2 Å². The molecule has 0 unspecified atom stereocenters. The molecule has 0 saturated heterocycles. The summed E-state index contributed by atoms with van der Waals surface area (Å²) >= 11 is 0. The molecule has 0 spiro atoms. The van der Waals surface area contributed by atoms with Gasteiger partial charge in [-0.25, -0.2) is 0 Å². The van der Waals surface area contributed by atoms with Gasteiger partial charge >= 0.3 is 0 Å². The van der Waals surface area contributed by atoms with E-state index in [-0.39, 0.29) is 0 Å². The Morgan fingerprint density at radius 3 is 2.06 bits per heavy atom. The number of nitrogens with zero attached hydrogens (tertiary/aromatic N) is 1. The zero-order valence-electron chi connectivity index (χ0n) is 20.9. The SMILES string of the molecule is CNC(=O)[C@@](C)(C(=O)CO)N(C)C(=O)c1ccc(C#Cc2ccc(CCCCCOC)cc2)cc1. The second-order valence-electron chi connectivity index (χ2n) is 8.42. The third-order valence-corrected chi connectivity index (χ3v) is 6.08. The van der Waals surface area contributed by atoms with Crippen molar-refractivity contribution in [1.82, 2.24) is 10.2 Å². The monoisotopic (exact) mass is 478 g/mol. The van der Waals surface area contributed by atoms with E-state index in [9.17, 15) is 19.5 Å². The highest BCUT2D eigenvalue weighted by atomic mass is 16.5. The first-order valence-corrected chi connectivity index (χ1v) is 11.6. The molecule has 186 valence electrons. The van der Waals surface area contributed by atoms with E-state index in [1.807, 2.05) is 12.1 Å². The Kier molecular flexibility index (Phi) is 10.7. The highest BCUT2D eigenvalue weighted by Crippen LogP contribution is 2.19. The standard InChI is InChI=1S/C28H34N2O5/c1-28(25(32)20-31,27(34)29-2)30(3)26(33)24-17-15-23(16-18-24)14-13-22-11-9-21(10-12-22)8-6-5-7-19-35-4/h9-12,15-18,31H,5-8,19-20H2,1-4H3,(H,29,34)/t28-/m1/s1. The van der Waals surface area contributed by atoms with Crippen LogP contribution in [-0.4, -0.2) is 67.6 Å². The van der Waals surface area contributed by atoms with Crippen LogP contribution in [0, 0.1) is 11.8 Å². The van der Waals surface area contributed by atoms with Gasteiger partial charge in [0.25, 0.3) is 11.8 Å². The van der Waals surface area contributed by atoms with Gasteiger partial charge in [0.15, 0.2) is 11.3 Å². The number of carbonyl (C=O) groups excluding carboxylic acids is 3. The van der Waals surface area contributed by atoms with Crippen molar-refractivity contribution in [3.8, 4) is 11.8 Å². The van der Waals surface area contributed by atoms with Gasteiger partial charge in [0, 0.05) is 44.5 Å². The van der Waals surface area contributed by atoms with E-state index in [0.29, 0.717) is 5.56 Å². The fourth-order valence-corrected chi connectivity index (χ4v) is 3.61. The van der Waals surface area contributed by atoms with Crippen LogP contribution in [-0.2, 0) is 20.7 Å². The number of amides is 2. The molecule has 2 amide bonds. The maximum Gasteiger partial charge on any atom is 0.254 e. The number of hydrogen-bond acceptors (Lipinski definition) is 5. The molecule has 2 aromatic rings. The third-order valence-electron chi connectivity index (χ3n) is 6.08. The Morgan fingerprint density at radius 1 is 0.971 bits per heavy atom. The summed E-state index contributed by atoms with van der Waals surface area (Å²) < 4.78 is 5.07. The number of hydrogen-bond donors (Lipinski definition) is 2. The van der Waals surface area contributed by atoms with Gasteiger partial charge in [0.05, 0.1) is 0 Å². The summed E-state index contributed by atoms with van der Waals surface area (Å²) in [5.41, 5.74) is 1.38. The number of unbranched alkanes of at least 4 members (excludes halogenated alkanes) is 2. The van der Waals surface area contributed by atoms with Gasteiger partial charge in [-0.2, -0.15) is 0 Å². The third kappa shape index (κ3) is 7.25. The van der Waals surface area contributed by atoms with Crippen molar-refractivity contribution in [1.29, 1.82) is 0 Å². The minimum atomic E-state index is -1.82. The number of carbonyl (C=O) groups is 3. The molecule has 0 fully saturated rings. The maximum atomic E-state index is 13.0. The molecule has 0 aliphatic rings. The largest absolute Gasteiger partial charge is 0.388 e. The van der Waals surface area contributed by atoms with Crippen molar-refractivity contribution in [3.63, 3.8) is 0 Å². The van der Waals surface area contributed by atoms with Crippen molar-refractivity contribution < 1.29 is 24.2 Å². The van der Waals surface area contributed by atoms with Crippen LogP contribution in [0.3, 0.4) is 0 Å². The second-order valence-corrected chi connectivity index (χ2v) is 8.42. The molecular formula is C28H34N2O5. The molecular weight excluding hydrogens is 444 g/mol. The van der Waals surface area contributed by atoms with E-state index >= 15 is 0 Å². The molecule has 35 heavy (non-hydrogen) atoms. The predicted octanol–water partition coefficient (Wildman–Crippen LogP) is 2.58. The van der Waals surface area contributed by atoms with Gasteiger partial charge in [-0.05, 0) is 68.1 Å². The van der Waals surface area contributed by atoms with Crippen molar-refractivity contribution >= 4 is 17.6 Å². The van der Waals surface area contributed by atoms with Crippen LogP contribution in [0.2, 0.25) is 0 Å². The lowest BCUT2D eigenvalue weighted by Crippen LogP contribution is -2.62. The lowest BCUT2D eigenvalue weighted by atomic mass is 9.92. The first-order chi connectivity index (χ1) is 16.8. The average Bonchev–Trinajstić information content (AvgIpc) is 2.90. The van der Waals surface area contributed by atoms with Crippen LogP contribution in [0.25, 0.3) is 0 Å². The van der Waals surface area contributed by atoms with Crippen molar-refractivity contribution in [2.75, 3.05) is 34.4 Å². The molecule has 1 atom stereocenters. The first kappa shape index (κ1) is 27.8. The molecule has 2 aromatic carbocycles. The number of aliphatic hydroxyl groups is 1. The molecule has 0 saturated carbocycles. The van der Waals surface area contributed by atoms with Gasteiger partial charge in [-0.3, -0.25) is 14.4 Å². The minimum Gasteiger partial charge on any atom is -0.388 e. The lowest BCUT2D eigenvalue weighted by Gasteiger charge is -2.35. The summed E-state index contributed by atoms with van der Waals surface area (Å²) in [5.74, 6) is 4.25. The van der Waals surface area contributed by atoms with Gasteiger partial charge < -0.3 is 20.1 Å². The van der Waals surface area contributed by atoms with Gasteiger partial charge in [0.1, 0.15) is 6.61 Å². The number of nitrogens with one attached hydrogen (secondary N) is 1. The lowest BCUT2D eigenvalue weighted by molar-refractivity contribution is -0.143. The van der Waals surface area contributed by atoms with Gasteiger partial charge in [0.2, 0.25) is 0 Å². The number of aliphatic hydroxyl groups excluding tert-OH is 1. The number of benzene rings is 2. The number of ketones is 1. The topological polar surface area (TPSA) is 95.9 Å². The molecule has 0 aliphatic carbocycles. The van der Waals surface area contributed by atoms with Crippen LogP contribution >= 0.6 is 0 Å². The molecule has 2 rings (SSSR count). The summed E-state index contributed by atoms with van der Waals surface area (Å²) in [4.78, 5) is 38.6. The van der Waals surface area contributed by atoms with Gasteiger partial charge in [-0.15, -0.1) is 0 Å². The fraction of sp³-hybridized carbons (Fsp3) is 0.393. The molecule has 2 N–H and O–H groups in total. The summed E-state index contributed by atoms with van der Waals surface area (Å²) in [6, 6.07) is 14.8. The first-order valence-electron chi connectivity index (χ1n) is 11.6. The molecule has 7 heteroatoms. The highest BCUT2D eigenvalue weighted by molar-refractivity contribution is 6.14. The van der Waals surface area contributed by atoms with Crippen LogP contribution in [0.15, 0.2) is 48.5 Å². The Morgan fingerprint density at radius 2 is 1.54 bits per heavy atom. The molecule has 0 aromatic heterocycles. The average molecular weight is 479 g/mol. The second kappa shape index (κ2) is 13.4. The Labute approximate surface area is 207 Å².